The van der Waals surface area contributed by atoms with Crippen molar-refractivity contribution in [2.24, 2.45) is 0 Å². The molecule has 0 N–H and O–H groups in total. The molecule has 1 aliphatic rings. The maximum Gasteiger partial charge on any atom is 0.235 e. The van der Waals surface area contributed by atoms with E-state index < -0.39 is 0 Å². The number of likely N-dealkylation sites (tertiary alicyclic amines) is 1. The van der Waals surface area contributed by atoms with Crippen LogP contribution in [0, 0.1) is 5.82 Å². The van der Waals surface area contributed by atoms with Gasteiger partial charge in [0.05, 0.1) is 22.5 Å². The monoisotopic (exact) mass is 371 g/mol. The van der Waals surface area contributed by atoms with Crippen LogP contribution in [0.1, 0.15) is 19.8 Å². The van der Waals surface area contributed by atoms with E-state index in [2.05, 4.69) is 15.1 Å². The van der Waals surface area contributed by atoms with E-state index in [4.69, 9.17) is 0 Å². The summed E-state index contributed by atoms with van der Waals surface area (Å²) in [4.78, 5) is 23.1. The Morgan fingerprint density at radius 1 is 1.19 bits per heavy atom. The third-order valence-corrected chi connectivity index (χ3v) is 5.56. The maximum atomic E-state index is 13.2. The van der Waals surface area contributed by atoms with E-state index >= 15 is 0 Å². The van der Waals surface area contributed by atoms with Crippen LogP contribution in [0.3, 0.4) is 0 Å². The minimum atomic E-state index is -0.301. The molecule has 0 spiro atoms. The summed E-state index contributed by atoms with van der Waals surface area (Å²) in [6.07, 6.45) is 5.31. The lowest BCUT2D eigenvalue weighted by atomic mass is 10.3. The van der Waals surface area contributed by atoms with Crippen molar-refractivity contribution in [3.05, 3.63) is 42.6 Å². The van der Waals surface area contributed by atoms with Crippen molar-refractivity contribution in [1.82, 2.24) is 24.6 Å². The second kappa shape index (κ2) is 7.03. The van der Waals surface area contributed by atoms with E-state index in [1.807, 2.05) is 11.8 Å². The molecule has 0 saturated carbocycles. The number of halogens is 1. The molecule has 1 aromatic carbocycles. The Morgan fingerprint density at radius 2 is 1.92 bits per heavy atom. The normalized spacial score (nSPS) is 15.5. The van der Waals surface area contributed by atoms with Crippen molar-refractivity contribution in [2.75, 3.05) is 13.1 Å². The molecular formula is C18H18FN5OS. The maximum absolute atomic E-state index is 13.2. The summed E-state index contributed by atoms with van der Waals surface area (Å²) in [7, 11) is 0. The van der Waals surface area contributed by atoms with Gasteiger partial charge in [0.1, 0.15) is 17.2 Å². The van der Waals surface area contributed by atoms with Crippen LogP contribution in [0.15, 0.2) is 41.8 Å². The predicted octanol–water partition coefficient (Wildman–Crippen LogP) is 3.06. The molecule has 0 aliphatic carbocycles. The van der Waals surface area contributed by atoms with Gasteiger partial charge in [0.15, 0.2) is 5.65 Å². The molecule has 1 fully saturated rings. The van der Waals surface area contributed by atoms with Gasteiger partial charge in [-0.3, -0.25) is 4.79 Å². The van der Waals surface area contributed by atoms with Crippen molar-refractivity contribution in [3.63, 3.8) is 0 Å². The highest BCUT2D eigenvalue weighted by molar-refractivity contribution is 8.00. The SMILES string of the molecule is C[C@H](Sc1ncnc2c1cnn2-c1ccc(F)cc1)C(=O)N1CCCC1. The highest BCUT2D eigenvalue weighted by atomic mass is 32.2. The van der Waals surface area contributed by atoms with Crippen LogP contribution in [0.2, 0.25) is 0 Å². The number of thioether (sulfide) groups is 1. The van der Waals surface area contributed by atoms with E-state index in [-0.39, 0.29) is 17.0 Å². The van der Waals surface area contributed by atoms with Gasteiger partial charge in [-0.1, -0.05) is 11.8 Å². The van der Waals surface area contributed by atoms with Gasteiger partial charge >= 0.3 is 0 Å². The molecule has 1 amide bonds. The molecule has 0 radical (unpaired) electrons. The number of carbonyl (C=O) groups is 1. The second-order valence-electron chi connectivity index (χ2n) is 6.24. The Bertz CT molecular complexity index is 936. The molecule has 0 bridgehead atoms. The molecular weight excluding hydrogens is 353 g/mol. The minimum Gasteiger partial charge on any atom is -0.342 e. The first-order valence-corrected chi connectivity index (χ1v) is 9.41. The molecule has 26 heavy (non-hydrogen) atoms. The number of nitrogens with zero attached hydrogens (tertiary/aromatic N) is 5. The molecule has 1 atom stereocenters. The van der Waals surface area contributed by atoms with Crippen LogP contribution < -0.4 is 0 Å². The predicted molar refractivity (Wildman–Crippen MR) is 97.8 cm³/mol. The molecule has 1 saturated heterocycles. The van der Waals surface area contributed by atoms with Gasteiger partial charge in [-0.25, -0.2) is 19.0 Å². The summed E-state index contributed by atoms with van der Waals surface area (Å²) in [6, 6.07) is 6.07. The zero-order valence-corrected chi connectivity index (χ0v) is 15.1. The van der Waals surface area contributed by atoms with Crippen LogP contribution in [-0.4, -0.2) is 48.9 Å². The molecule has 2 aromatic heterocycles. The summed E-state index contributed by atoms with van der Waals surface area (Å²) in [5.74, 6) is -0.157. The van der Waals surface area contributed by atoms with Gasteiger partial charge in [-0.05, 0) is 44.0 Å². The Labute approximate surface area is 154 Å². The topological polar surface area (TPSA) is 63.9 Å². The van der Waals surface area contributed by atoms with Gasteiger partial charge in [0.2, 0.25) is 5.91 Å². The lowest BCUT2D eigenvalue weighted by molar-refractivity contribution is -0.129. The number of aromatic nitrogens is 4. The van der Waals surface area contributed by atoms with E-state index in [1.165, 1.54) is 30.2 Å². The second-order valence-corrected chi connectivity index (χ2v) is 7.57. The fraction of sp³-hybridized carbons (Fsp3) is 0.333. The first kappa shape index (κ1) is 17.0. The highest BCUT2D eigenvalue weighted by Gasteiger charge is 2.25. The van der Waals surface area contributed by atoms with Gasteiger partial charge < -0.3 is 4.90 Å². The van der Waals surface area contributed by atoms with Crippen LogP contribution in [0.5, 0.6) is 0 Å². The Balaban J connectivity index is 1.62. The largest absolute Gasteiger partial charge is 0.342 e. The molecule has 8 heteroatoms. The van der Waals surface area contributed by atoms with Gasteiger partial charge in [-0.2, -0.15) is 5.10 Å². The molecule has 134 valence electrons. The lowest BCUT2D eigenvalue weighted by Crippen LogP contribution is -2.34. The van der Waals surface area contributed by atoms with Crippen LogP contribution >= 0.6 is 11.8 Å². The fourth-order valence-corrected chi connectivity index (χ4v) is 4.06. The fourth-order valence-electron chi connectivity index (χ4n) is 3.10. The van der Waals surface area contributed by atoms with Crippen molar-refractivity contribution in [1.29, 1.82) is 0 Å². The summed E-state index contributed by atoms with van der Waals surface area (Å²) in [5, 5.41) is 5.65. The van der Waals surface area contributed by atoms with Crippen molar-refractivity contribution in [2.45, 2.75) is 30.0 Å². The first-order chi connectivity index (χ1) is 12.6. The third-order valence-electron chi connectivity index (χ3n) is 4.45. The van der Waals surface area contributed by atoms with Crippen LogP contribution in [0.4, 0.5) is 4.39 Å². The van der Waals surface area contributed by atoms with E-state index in [1.54, 1.807) is 23.0 Å². The molecule has 1 aliphatic heterocycles. The number of benzene rings is 1. The van der Waals surface area contributed by atoms with Crippen LogP contribution in [-0.2, 0) is 4.79 Å². The first-order valence-electron chi connectivity index (χ1n) is 8.53. The van der Waals surface area contributed by atoms with Crippen molar-refractivity contribution >= 4 is 28.7 Å². The number of fused-ring (bicyclic) bond motifs is 1. The Morgan fingerprint density at radius 3 is 2.65 bits per heavy atom. The highest BCUT2D eigenvalue weighted by Crippen LogP contribution is 2.30. The molecule has 3 heterocycles. The zero-order chi connectivity index (χ0) is 18.1. The molecule has 3 aromatic rings. The summed E-state index contributed by atoms with van der Waals surface area (Å²) < 4.78 is 14.8. The number of carbonyl (C=O) groups excluding carboxylic acids is 1. The van der Waals surface area contributed by atoms with E-state index in [9.17, 15) is 9.18 Å². The number of hydrogen-bond acceptors (Lipinski definition) is 5. The Hall–Kier alpha value is -2.48. The molecule has 6 nitrogen and oxygen atoms in total. The van der Waals surface area contributed by atoms with Crippen molar-refractivity contribution in [3.8, 4) is 5.69 Å². The van der Waals surface area contributed by atoms with Gasteiger partial charge in [-0.15, -0.1) is 0 Å². The van der Waals surface area contributed by atoms with Crippen LogP contribution in [0.25, 0.3) is 16.7 Å². The number of hydrogen-bond donors (Lipinski definition) is 0. The third kappa shape index (κ3) is 3.16. The minimum absolute atomic E-state index is 0.144. The zero-order valence-electron chi connectivity index (χ0n) is 14.3. The lowest BCUT2D eigenvalue weighted by Gasteiger charge is -2.19. The smallest absolute Gasteiger partial charge is 0.235 e. The van der Waals surface area contributed by atoms with Gasteiger partial charge in [0, 0.05) is 13.1 Å². The van der Waals surface area contributed by atoms with Gasteiger partial charge in [0.25, 0.3) is 0 Å². The average molecular weight is 371 g/mol. The van der Waals surface area contributed by atoms with E-state index in [0.29, 0.717) is 5.65 Å². The van der Waals surface area contributed by atoms with Crippen molar-refractivity contribution < 1.29 is 9.18 Å². The number of amides is 1. The summed E-state index contributed by atoms with van der Waals surface area (Å²) in [6.45, 7) is 3.58. The summed E-state index contributed by atoms with van der Waals surface area (Å²) >= 11 is 1.42. The standard InChI is InChI=1S/C18H18FN5OS/c1-12(18(25)23-8-2-3-9-23)26-17-15-10-22-24(16(15)20-11-21-17)14-6-4-13(19)5-7-14/h4-7,10-12H,2-3,8-9H2,1H3/t12-/m0/s1. The Kier molecular flexibility index (Phi) is 4.58. The van der Waals surface area contributed by atoms with E-state index in [0.717, 1.165) is 42.0 Å². The molecule has 4 rings (SSSR count). The average Bonchev–Trinajstić information content (AvgIpc) is 3.32. The quantitative estimate of drug-likeness (QED) is 0.521. The molecule has 0 unspecified atom stereocenters. The summed E-state index contributed by atoms with van der Waals surface area (Å²) in [5.41, 5.74) is 1.35. The number of rotatable bonds is 4.